The van der Waals surface area contributed by atoms with Gasteiger partial charge >= 0.3 is 0 Å². The Bertz CT molecular complexity index is 229. The highest BCUT2D eigenvalue weighted by Crippen LogP contribution is 2.27. The lowest BCUT2D eigenvalue weighted by molar-refractivity contribution is -0.132. The highest BCUT2D eigenvalue weighted by atomic mass is 19.1. The summed E-state index contributed by atoms with van der Waals surface area (Å²) in [6, 6.07) is 0. The number of hydrogen-bond donors (Lipinski definition) is 0. The average molecular weight is 183 g/mol. The van der Waals surface area contributed by atoms with Gasteiger partial charge in [-0.05, 0) is 24.8 Å². The Kier molecular flexibility index (Phi) is 2.34. The molecule has 0 bridgehead atoms. The molecule has 0 N–H and O–H groups in total. The van der Waals surface area contributed by atoms with E-state index in [4.69, 9.17) is 0 Å². The Morgan fingerprint density at radius 1 is 1.38 bits per heavy atom. The van der Waals surface area contributed by atoms with Crippen LogP contribution >= 0.6 is 0 Å². The summed E-state index contributed by atoms with van der Waals surface area (Å²) in [5, 5.41) is 0. The summed E-state index contributed by atoms with van der Waals surface area (Å²) in [5.41, 5.74) is 0. The molecule has 0 aromatic rings. The van der Waals surface area contributed by atoms with Gasteiger partial charge in [-0.2, -0.15) is 0 Å². The lowest BCUT2D eigenvalue weighted by Crippen LogP contribution is -2.50. The second-order valence-corrected chi connectivity index (χ2v) is 3.89. The van der Waals surface area contributed by atoms with Crippen LogP contribution in [-0.4, -0.2) is 30.1 Å². The van der Waals surface area contributed by atoms with Crippen LogP contribution in [0.1, 0.15) is 19.3 Å². The van der Waals surface area contributed by atoms with Crippen LogP contribution in [0.25, 0.3) is 0 Å². The molecule has 1 aliphatic carbocycles. The predicted molar refractivity (Wildman–Crippen MR) is 48.0 cm³/mol. The van der Waals surface area contributed by atoms with E-state index in [2.05, 4.69) is 0 Å². The van der Waals surface area contributed by atoms with Crippen LogP contribution in [0, 0.1) is 5.92 Å². The Labute approximate surface area is 77.4 Å². The zero-order valence-electron chi connectivity index (χ0n) is 7.58. The Morgan fingerprint density at radius 2 is 2.08 bits per heavy atom. The smallest absolute Gasteiger partial charge is 0.246 e. The number of carbonyl (C=O) groups excluding carboxylic acids is 1. The molecule has 1 amide bonds. The molecule has 0 unspecified atom stereocenters. The van der Waals surface area contributed by atoms with Crippen molar-refractivity contribution < 1.29 is 9.18 Å². The molecule has 1 heterocycles. The number of nitrogens with zero attached hydrogens (tertiary/aromatic N) is 1. The maximum atomic E-state index is 12.4. The third kappa shape index (κ3) is 1.90. The Hall–Kier alpha value is -0.860. The highest BCUT2D eigenvalue weighted by molar-refractivity contribution is 5.88. The van der Waals surface area contributed by atoms with E-state index in [1.807, 2.05) is 6.08 Å². The van der Waals surface area contributed by atoms with Gasteiger partial charge in [0.05, 0.1) is 13.1 Å². The molecule has 2 rings (SSSR count). The van der Waals surface area contributed by atoms with Crippen molar-refractivity contribution in [2.45, 2.75) is 25.4 Å². The van der Waals surface area contributed by atoms with Gasteiger partial charge in [0.25, 0.3) is 0 Å². The van der Waals surface area contributed by atoms with Gasteiger partial charge in [-0.25, -0.2) is 4.39 Å². The summed E-state index contributed by atoms with van der Waals surface area (Å²) in [5.74, 6) is 0.576. The molecule has 0 atom stereocenters. The Balaban J connectivity index is 1.74. The molecule has 2 aliphatic rings. The monoisotopic (exact) mass is 183 g/mol. The number of likely N-dealkylation sites (tertiary alicyclic amines) is 1. The molecule has 0 spiro atoms. The van der Waals surface area contributed by atoms with E-state index in [9.17, 15) is 9.18 Å². The van der Waals surface area contributed by atoms with E-state index in [1.54, 1.807) is 11.0 Å². The molecular weight excluding hydrogens is 169 g/mol. The lowest BCUT2D eigenvalue weighted by Gasteiger charge is -2.33. The van der Waals surface area contributed by atoms with E-state index in [0.717, 1.165) is 0 Å². The predicted octanol–water partition coefficient (Wildman–Crippen LogP) is 1.52. The summed E-state index contributed by atoms with van der Waals surface area (Å²) in [4.78, 5) is 12.8. The normalized spacial score (nSPS) is 24.5. The molecule has 3 heteroatoms. The van der Waals surface area contributed by atoms with Gasteiger partial charge in [0, 0.05) is 0 Å². The van der Waals surface area contributed by atoms with Crippen molar-refractivity contribution in [3.63, 3.8) is 0 Å². The molecule has 0 aromatic heterocycles. The van der Waals surface area contributed by atoms with Crippen LogP contribution in [-0.2, 0) is 4.79 Å². The second-order valence-electron chi connectivity index (χ2n) is 3.89. The first kappa shape index (κ1) is 8.73. The van der Waals surface area contributed by atoms with Crippen LogP contribution < -0.4 is 0 Å². The molecule has 1 saturated heterocycles. The molecule has 1 aliphatic heterocycles. The van der Waals surface area contributed by atoms with Gasteiger partial charge in [0.2, 0.25) is 5.91 Å². The second kappa shape index (κ2) is 3.48. The topological polar surface area (TPSA) is 20.3 Å². The minimum Gasteiger partial charge on any atom is -0.333 e. The fourth-order valence-corrected chi connectivity index (χ4v) is 1.56. The molecule has 13 heavy (non-hydrogen) atoms. The lowest BCUT2D eigenvalue weighted by atomic mass is 9.85. The van der Waals surface area contributed by atoms with Crippen LogP contribution in [0.4, 0.5) is 4.39 Å². The molecule has 72 valence electrons. The van der Waals surface area contributed by atoms with E-state index in [1.165, 1.54) is 19.3 Å². The maximum Gasteiger partial charge on any atom is 0.246 e. The summed E-state index contributed by atoms with van der Waals surface area (Å²) < 4.78 is 12.4. The SMILES string of the molecule is O=C(/C=C/C1CCC1)N1CC(F)C1. The first-order valence-electron chi connectivity index (χ1n) is 4.87. The van der Waals surface area contributed by atoms with Crippen LogP contribution in [0.3, 0.4) is 0 Å². The van der Waals surface area contributed by atoms with Crippen molar-refractivity contribution >= 4 is 5.91 Å². The quantitative estimate of drug-likeness (QED) is 0.594. The average Bonchev–Trinajstić information content (AvgIpc) is 1.95. The van der Waals surface area contributed by atoms with Crippen molar-refractivity contribution in [3.8, 4) is 0 Å². The molecule has 0 radical (unpaired) electrons. The van der Waals surface area contributed by atoms with Gasteiger partial charge in [0.15, 0.2) is 0 Å². The van der Waals surface area contributed by atoms with Crippen molar-refractivity contribution in [2.24, 2.45) is 5.92 Å². The summed E-state index contributed by atoms with van der Waals surface area (Å²) >= 11 is 0. The molecule has 0 aromatic carbocycles. The zero-order chi connectivity index (χ0) is 9.26. The summed E-state index contributed by atoms with van der Waals surface area (Å²) in [6.07, 6.45) is 6.47. The standard InChI is InChI=1S/C10H14FNO/c11-9-6-12(7-9)10(13)5-4-8-2-1-3-8/h4-5,8-9H,1-3,6-7H2/b5-4+. The van der Waals surface area contributed by atoms with E-state index < -0.39 is 6.17 Å². The molecular formula is C10H14FNO. The van der Waals surface area contributed by atoms with Crippen LogP contribution in [0.2, 0.25) is 0 Å². The minimum atomic E-state index is -0.791. The van der Waals surface area contributed by atoms with Gasteiger partial charge in [-0.15, -0.1) is 0 Å². The minimum absolute atomic E-state index is 0.0270. The van der Waals surface area contributed by atoms with Crippen molar-refractivity contribution in [1.29, 1.82) is 0 Å². The van der Waals surface area contributed by atoms with Gasteiger partial charge in [-0.1, -0.05) is 12.5 Å². The van der Waals surface area contributed by atoms with Crippen molar-refractivity contribution in [1.82, 2.24) is 4.90 Å². The van der Waals surface area contributed by atoms with Gasteiger partial charge < -0.3 is 4.90 Å². The third-order valence-corrected chi connectivity index (χ3v) is 2.81. The zero-order valence-corrected chi connectivity index (χ0v) is 7.58. The first-order valence-corrected chi connectivity index (χ1v) is 4.87. The number of allylic oxidation sites excluding steroid dienone is 1. The summed E-state index contributed by atoms with van der Waals surface area (Å²) in [6.45, 7) is 0.571. The third-order valence-electron chi connectivity index (χ3n) is 2.81. The van der Waals surface area contributed by atoms with E-state index >= 15 is 0 Å². The fourth-order valence-electron chi connectivity index (χ4n) is 1.56. The summed E-state index contributed by atoms with van der Waals surface area (Å²) in [7, 11) is 0. The van der Waals surface area contributed by atoms with Crippen molar-refractivity contribution in [3.05, 3.63) is 12.2 Å². The van der Waals surface area contributed by atoms with E-state index in [0.29, 0.717) is 5.92 Å². The number of hydrogen-bond acceptors (Lipinski definition) is 1. The van der Waals surface area contributed by atoms with Crippen LogP contribution in [0.5, 0.6) is 0 Å². The number of carbonyl (C=O) groups is 1. The van der Waals surface area contributed by atoms with Crippen LogP contribution in [0.15, 0.2) is 12.2 Å². The maximum absolute atomic E-state index is 12.4. The Morgan fingerprint density at radius 3 is 2.54 bits per heavy atom. The first-order chi connectivity index (χ1) is 6.25. The van der Waals surface area contributed by atoms with Gasteiger partial charge in [0.1, 0.15) is 6.17 Å². The number of amides is 1. The fraction of sp³-hybridized carbons (Fsp3) is 0.700. The molecule has 2 fully saturated rings. The molecule has 1 saturated carbocycles. The highest BCUT2D eigenvalue weighted by Gasteiger charge is 2.29. The van der Waals surface area contributed by atoms with Crippen molar-refractivity contribution in [2.75, 3.05) is 13.1 Å². The van der Waals surface area contributed by atoms with Gasteiger partial charge in [-0.3, -0.25) is 4.79 Å². The molecule has 2 nitrogen and oxygen atoms in total. The number of rotatable bonds is 2. The number of halogens is 1. The number of alkyl halides is 1. The largest absolute Gasteiger partial charge is 0.333 e. The van der Waals surface area contributed by atoms with E-state index in [-0.39, 0.29) is 19.0 Å².